The Labute approximate surface area is 130 Å². The molecule has 0 aromatic carbocycles. The van der Waals surface area contributed by atoms with Crippen molar-refractivity contribution in [3.8, 4) is 0 Å². The van der Waals surface area contributed by atoms with Crippen molar-refractivity contribution in [2.24, 2.45) is 5.92 Å². The molecule has 2 aliphatic rings. The average molecular weight is 309 g/mol. The van der Waals surface area contributed by atoms with Crippen molar-refractivity contribution < 1.29 is 4.79 Å². The molecule has 2 heterocycles. The van der Waals surface area contributed by atoms with Gasteiger partial charge in [0.15, 0.2) is 5.82 Å². The Kier molecular flexibility index (Phi) is 4.02. The first-order valence-corrected chi connectivity index (χ1v) is 8.10. The van der Waals surface area contributed by atoms with Crippen LogP contribution in [0.15, 0.2) is 6.20 Å². The highest BCUT2D eigenvalue weighted by atomic mass is 35.5. The number of fused-ring (bicyclic) bond motifs is 1. The molecule has 6 heteroatoms. The van der Waals surface area contributed by atoms with Crippen LogP contribution in [0.5, 0.6) is 0 Å². The third-order valence-electron chi connectivity index (χ3n) is 4.52. The number of carbonyl (C=O) groups excluding carboxylic acids is 1. The molecule has 1 aromatic heterocycles. The van der Waals surface area contributed by atoms with E-state index in [1.54, 1.807) is 11.1 Å². The van der Waals surface area contributed by atoms with Gasteiger partial charge in [-0.3, -0.25) is 4.79 Å². The van der Waals surface area contributed by atoms with Gasteiger partial charge in [-0.25, -0.2) is 4.98 Å². The van der Waals surface area contributed by atoms with E-state index in [-0.39, 0.29) is 17.1 Å². The predicted octanol–water partition coefficient (Wildman–Crippen LogP) is 2.88. The van der Waals surface area contributed by atoms with Gasteiger partial charge in [0, 0.05) is 19.1 Å². The molecule has 1 aromatic rings. The molecule has 1 amide bonds. The minimum absolute atomic E-state index is 0.0430. The van der Waals surface area contributed by atoms with Gasteiger partial charge in [0.05, 0.1) is 12.1 Å². The van der Waals surface area contributed by atoms with Crippen molar-refractivity contribution in [3.05, 3.63) is 11.5 Å². The molecule has 1 fully saturated rings. The van der Waals surface area contributed by atoms with Crippen LogP contribution in [0.4, 0.5) is 11.5 Å². The molecule has 1 atom stereocenters. The SMILES string of the molecule is CCN1C(=O)C(C)CN(C2CCCC2)c2nc(Cl)ncc21. The molecule has 0 bridgehead atoms. The quantitative estimate of drug-likeness (QED) is 0.788. The van der Waals surface area contributed by atoms with Crippen LogP contribution < -0.4 is 9.80 Å². The molecule has 1 aliphatic carbocycles. The van der Waals surface area contributed by atoms with Crippen molar-refractivity contribution >= 4 is 29.0 Å². The van der Waals surface area contributed by atoms with E-state index in [2.05, 4.69) is 14.9 Å². The molecule has 1 saturated carbocycles. The van der Waals surface area contributed by atoms with Gasteiger partial charge in [0.25, 0.3) is 0 Å². The van der Waals surface area contributed by atoms with Gasteiger partial charge < -0.3 is 9.80 Å². The molecule has 114 valence electrons. The Morgan fingerprint density at radius 2 is 2.10 bits per heavy atom. The zero-order chi connectivity index (χ0) is 15.0. The minimum Gasteiger partial charge on any atom is -0.351 e. The first-order chi connectivity index (χ1) is 10.1. The third-order valence-corrected chi connectivity index (χ3v) is 4.71. The van der Waals surface area contributed by atoms with Gasteiger partial charge in [-0.1, -0.05) is 19.8 Å². The molecule has 0 spiro atoms. The highest BCUT2D eigenvalue weighted by molar-refractivity contribution is 6.28. The van der Waals surface area contributed by atoms with Gasteiger partial charge in [-0.15, -0.1) is 0 Å². The second-order valence-corrected chi connectivity index (χ2v) is 6.26. The van der Waals surface area contributed by atoms with Crippen molar-refractivity contribution in [3.63, 3.8) is 0 Å². The maximum atomic E-state index is 12.6. The fraction of sp³-hybridized carbons (Fsp3) is 0.667. The summed E-state index contributed by atoms with van der Waals surface area (Å²) >= 11 is 6.01. The molecular formula is C15H21ClN4O. The largest absolute Gasteiger partial charge is 0.351 e. The second-order valence-electron chi connectivity index (χ2n) is 5.92. The highest BCUT2D eigenvalue weighted by Crippen LogP contribution is 2.37. The predicted molar refractivity (Wildman–Crippen MR) is 83.8 cm³/mol. The number of anilines is 2. The van der Waals surface area contributed by atoms with E-state index in [1.807, 2.05) is 13.8 Å². The molecule has 0 radical (unpaired) electrons. The smallest absolute Gasteiger partial charge is 0.231 e. The van der Waals surface area contributed by atoms with Gasteiger partial charge in [0.2, 0.25) is 11.2 Å². The van der Waals surface area contributed by atoms with E-state index in [0.29, 0.717) is 19.1 Å². The average Bonchev–Trinajstić information content (AvgIpc) is 2.97. The maximum absolute atomic E-state index is 12.6. The number of hydrogen-bond acceptors (Lipinski definition) is 4. The van der Waals surface area contributed by atoms with E-state index >= 15 is 0 Å². The highest BCUT2D eigenvalue weighted by Gasteiger charge is 2.35. The molecule has 1 unspecified atom stereocenters. The van der Waals surface area contributed by atoms with E-state index < -0.39 is 0 Å². The fourth-order valence-corrected chi connectivity index (χ4v) is 3.58. The second kappa shape index (κ2) is 5.79. The Balaban J connectivity index is 2.09. The lowest BCUT2D eigenvalue weighted by Crippen LogP contribution is -2.39. The van der Waals surface area contributed by atoms with Crippen LogP contribution >= 0.6 is 11.6 Å². The van der Waals surface area contributed by atoms with E-state index in [0.717, 1.165) is 24.3 Å². The third kappa shape index (κ3) is 2.59. The van der Waals surface area contributed by atoms with Crippen LogP contribution in [0.2, 0.25) is 5.28 Å². The molecule has 0 saturated heterocycles. The Hall–Kier alpha value is -1.36. The standard InChI is InChI=1S/C15H21ClN4O/c1-3-19-12-8-17-15(16)18-13(12)20(9-10(2)14(19)21)11-6-4-5-7-11/h8,10-11H,3-7,9H2,1-2H3. The van der Waals surface area contributed by atoms with Gasteiger partial charge in [-0.05, 0) is 31.4 Å². The van der Waals surface area contributed by atoms with Crippen LogP contribution in [0.25, 0.3) is 0 Å². The van der Waals surface area contributed by atoms with Gasteiger partial charge >= 0.3 is 0 Å². The normalized spacial score (nSPS) is 23.4. The number of nitrogens with zero attached hydrogens (tertiary/aromatic N) is 4. The van der Waals surface area contributed by atoms with Crippen molar-refractivity contribution in [2.75, 3.05) is 22.9 Å². The number of halogens is 1. The Morgan fingerprint density at radius 3 is 2.76 bits per heavy atom. The first kappa shape index (κ1) is 14.6. The van der Waals surface area contributed by atoms with Crippen LogP contribution in [0.3, 0.4) is 0 Å². The summed E-state index contributed by atoms with van der Waals surface area (Å²) in [7, 11) is 0. The summed E-state index contributed by atoms with van der Waals surface area (Å²) in [6, 6.07) is 0.460. The zero-order valence-electron chi connectivity index (χ0n) is 12.5. The Bertz CT molecular complexity index is 544. The maximum Gasteiger partial charge on any atom is 0.231 e. The Morgan fingerprint density at radius 1 is 1.38 bits per heavy atom. The number of aromatic nitrogens is 2. The van der Waals surface area contributed by atoms with Crippen LogP contribution in [-0.4, -0.2) is 35.0 Å². The number of amides is 1. The molecule has 5 nitrogen and oxygen atoms in total. The van der Waals surface area contributed by atoms with Crippen LogP contribution in [0, 0.1) is 5.92 Å². The molecule has 0 N–H and O–H groups in total. The summed E-state index contributed by atoms with van der Waals surface area (Å²) in [6.07, 6.45) is 6.50. The monoisotopic (exact) mass is 308 g/mol. The van der Waals surface area contributed by atoms with Crippen molar-refractivity contribution in [1.29, 1.82) is 0 Å². The summed E-state index contributed by atoms with van der Waals surface area (Å²) in [5, 5.41) is 0.245. The molecular weight excluding hydrogens is 288 g/mol. The van der Waals surface area contributed by atoms with E-state index in [1.165, 1.54) is 12.8 Å². The minimum atomic E-state index is -0.0430. The van der Waals surface area contributed by atoms with Gasteiger partial charge in [-0.2, -0.15) is 4.98 Å². The molecule has 1 aliphatic heterocycles. The number of rotatable bonds is 2. The van der Waals surface area contributed by atoms with E-state index in [4.69, 9.17) is 11.6 Å². The van der Waals surface area contributed by atoms with Crippen molar-refractivity contribution in [2.45, 2.75) is 45.6 Å². The first-order valence-electron chi connectivity index (χ1n) is 7.72. The van der Waals surface area contributed by atoms with Crippen LogP contribution in [0.1, 0.15) is 39.5 Å². The molecule has 3 rings (SSSR count). The lowest BCUT2D eigenvalue weighted by Gasteiger charge is -2.30. The summed E-state index contributed by atoms with van der Waals surface area (Å²) < 4.78 is 0. The summed E-state index contributed by atoms with van der Waals surface area (Å²) in [5.41, 5.74) is 0.795. The lowest BCUT2D eigenvalue weighted by atomic mass is 10.1. The summed E-state index contributed by atoms with van der Waals surface area (Å²) in [4.78, 5) is 25.2. The van der Waals surface area contributed by atoms with Crippen molar-refractivity contribution in [1.82, 2.24) is 9.97 Å². The number of carbonyl (C=O) groups is 1. The van der Waals surface area contributed by atoms with Gasteiger partial charge in [0.1, 0.15) is 5.69 Å². The lowest BCUT2D eigenvalue weighted by molar-refractivity contribution is -0.121. The fourth-order valence-electron chi connectivity index (χ4n) is 3.46. The molecule has 21 heavy (non-hydrogen) atoms. The zero-order valence-corrected chi connectivity index (χ0v) is 13.3. The number of hydrogen-bond donors (Lipinski definition) is 0. The van der Waals surface area contributed by atoms with Crippen LogP contribution in [-0.2, 0) is 4.79 Å². The topological polar surface area (TPSA) is 49.3 Å². The summed E-state index contributed by atoms with van der Waals surface area (Å²) in [5.74, 6) is 0.921. The van der Waals surface area contributed by atoms with E-state index in [9.17, 15) is 4.79 Å². The summed E-state index contributed by atoms with van der Waals surface area (Å²) in [6.45, 7) is 5.31.